The fourth-order valence-electron chi connectivity index (χ4n) is 3.72. The highest BCUT2D eigenvalue weighted by molar-refractivity contribution is 6.16. The third-order valence-electron chi connectivity index (χ3n) is 5.10. The molecule has 0 N–H and O–H groups in total. The zero-order valence-electron chi connectivity index (χ0n) is 16.5. The van der Waals surface area contributed by atoms with Gasteiger partial charge in [-0.2, -0.15) is 0 Å². The highest BCUT2D eigenvalue weighted by Gasteiger charge is 2.40. The van der Waals surface area contributed by atoms with Gasteiger partial charge in [0.25, 0.3) is 5.91 Å². The number of amides is 1. The van der Waals surface area contributed by atoms with E-state index in [9.17, 15) is 18.0 Å². The lowest BCUT2D eigenvalue weighted by Crippen LogP contribution is -2.52. The summed E-state index contributed by atoms with van der Waals surface area (Å²) in [5.74, 6) is -1.56. The first-order valence-electron chi connectivity index (χ1n) is 9.48. The van der Waals surface area contributed by atoms with Crippen molar-refractivity contribution >= 4 is 23.0 Å². The third kappa shape index (κ3) is 3.73. The summed E-state index contributed by atoms with van der Waals surface area (Å²) in [7, 11) is 0. The molecule has 3 nitrogen and oxygen atoms in total. The molecule has 1 heterocycles. The van der Waals surface area contributed by atoms with E-state index >= 15 is 0 Å². The molecular formula is C24H19F3N2O. The molecule has 0 spiro atoms. The Kier molecular flexibility index (Phi) is 4.94. The van der Waals surface area contributed by atoms with Crippen molar-refractivity contribution in [2.45, 2.75) is 25.8 Å². The van der Waals surface area contributed by atoms with E-state index in [0.717, 1.165) is 0 Å². The van der Waals surface area contributed by atoms with Gasteiger partial charge in [0, 0.05) is 23.1 Å². The van der Waals surface area contributed by atoms with Gasteiger partial charge in [-0.25, -0.2) is 13.2 Å². The quantitative estimate of drug-likeness (QED) is 0.508. The van der Waals surface area contributed by atoms with Crippen molar-refractivity contribution in [3.63, 3.8) is 0 Å². The first-order valence-corrected chi connectivity index (χ1v) is 9.48. The molecule has 4 rings (SSSR count). The Bertz CT molecular complexity index is 1140. The molecule has 3 aromatic rings. The molecule has 1 amide bonds. The zero-order valence-corrected chi connectivity index (χ0v) is 16.5. The van der Waals surface area contributed by atoms with E-state index in [1.807, 2.05) is 13.8 Å². The van der Waals surface area contributed by atoms with Gasteiger partial charge < -0.3 is 4.90 Å². The Hall–Kier alpha value is -3.41. The number of anilines is 1. The minimum absolute atomic E-state index is 0.311. The van der Waals surface area contributed by atoms with Crippen LogP contribution in [0.2, 0.25) is 0 Å². The van der Waals surface area contributed by atoms with Gasteiger partial charge in [0.1, 0.15) is 17.5 Å². The maximum Gasteiger partial charge on any atom is 0.258 e. The van der Waals surface area contributed by atoms with Gasteiger partial charge in [-0.3, -0.25) is 9.79 Å². The van der Waals surface area contributed by atoms with Crippen LogP contribution in [0.25, 0.3) is 0 Å². The highest BCUT2D eigenvalue weighted by Crippen LogP contribution is 2.39. The van der Waals surface area contributed by atoms with Gasteiger partial charge in [0.05, 0.1) is 17.1 Å². The number of carbonyl (C=O) groups excluding carboxylic acids is 1. The average Bonchev–Trinajstić information content (AvgIpc) is 2.70. The topological polar surface area (TPSA) is 32.7 Å². The van der Waals surface area contributed by atoms with Gasteiger partial charge in [0.15, 0.2) is 0 Å². The van der Waals surface area contributed by atoms with E-state index < -0.39 is 17.2 Å². The Morgan fingerprint density at radius 1 is 0.867 bits per heavy atom. The minimum Gasteiger partial charge on any atom is -0.302 e. The van der Waals surface area contributed by atoms with Crippen LogP contribution in [0.15, 0.2) is 71.7 Å². The number of fused-ring (bicyclic) bond motifs is 1. The van der Waals surface area contributed by atoms with Crippen LogP contribution in [-0.2, 0) is 0 Å². The molecule has 3 aromatic carbocycles. The second kappa shape index (κ2) is 7.44. The summed E-state index contributed by atoms with van der Waals surface area (Å²) in [6.07, 6.45) is 0.355. The SMILES string of the molecule is CC1(C)CC(=Nc2ccc(F)cc2)c2cc(F)ccc2N1C(=O)c1ccc(F)cc1. The first-order chi connectivity index (χ1) is 14.2. The number of rotatable bonds is 2. The van der Waals surface area contributed by atoms with Gasteiger partial charge in [0.2, 0.25) is 0 Å². The molecule has 1 aliphatic heterocycles. The lowest BCUT2D eigenvalue weighted by molar-refractivity contribution is 0.0962. The zero-order chi connectivity index (χ0) is 21.5. The molecule has 0 bridgehead atoms. The molecule has 6 heteroatoms. The minimum atomic E-state index is -0.685. The van der Waals surface area contributed by atoms with Crippen LogP contribution in [0.3, 0.4) is 0 Å². The van der Waals surface area contributed by atoms with E-state index in [-0.39, 0.29) is 11.7 Å². The number of hydrogen-bond acceptors (Lipinski definition) is 2. The number of carbonyl (C=O) groups is 1. The number of hydrogen-bond donors (Lipinski definition) is 0. The van der Waals surface area contributed by atoms with Crippen LogP contribution in [0, 0.1) is 17.5 Å². The largest absolute Gasteiger partial charge is 0.302 e. The van der Waals surface area contributed by atoms with E-state index in [1.54, 1.807) is 23.1 Å². The molecule has 0 saturated carbocycles. The first kappa shape index (κ1) is 19.9. The van der Waals surface area contributed by atoms with Crippen molar-refractivity contribution in [3.05, 3.63) is 95.3 Å². The smallest absolute Gasteiger partial charge is 0.258 e. The molecule has 0 radical (unpaired) electrons. The Morgan fingerprint density at radius 3 is 2.07 bits per heavy atom. The molecule has 0 unspecified atom stereocenters. The van der Waals surface area contributed by atoms with E-state index in [2.05, 4.69) is 4.99 Å². The third-order valence-corrected chi connectivity index (χ3v) is 5.10. The van der Waals surface area contributed by atoms with E-state index in [1.165, 1.54) is 48.5 Å². The maximum absolute atomic E-state index is 14.1. The predicted molar refractivity (Wildman–Crippen MR) is 111 cm³/mol. The normalized spacial score (nSPS) is 16.4. The molecule has 0 aliphatic carbocycles. The molecule has 0 aromatic heterocycles. The lowest BCUT2D eigenvalue weighted by atomic mass is 9.84. The monoisotopic (exact) mass is 408 g/mol. The molecule has 0 fully saturated rings. The summed E-state index contributed by atoms with van der Waals surface area (Å²) in [6, 6.07) is 15.2. The van der Waals surface area contributed by atoms with Crippen molar-refractivity contribution < 1.29 is 18.0 Å². The summed E-state index contributed by atoms with van der Waals surface area (Å²) >= 11 is 0. The molecular weight excluding hydrogens is 389 g/mol. The molecule has 30 heavy (non-hydrogen) atoms. The summed E-state index contributed by atoms with van der Waals surface area (Å²) in [5, 5.41) is 0. The Balaban J connectivity index is 1.84. The fourth-order valence-corrected chi connectivity index (χ4v) is 3.72. The van der Waals surface area contributed by atoms with Crippen LogP contribution in [0.5, 0.6) is 0 Å². The Morgan fingerprint density at radius 2 is 1.43 bits per heavy atom. The van der Waals surface area contributed by atoms with Crippen LogP contribution in [0.1, 0.15) is 36.2 Å². The second-order valence-corrected chi connectivity index (χ2v) is 7.83. The van der Waals surface area contributed by atoms with E-state index in [0.29, 0.717) is 34.6 Å². The number of aliphatic imine (C=N–C) groups is 1. The number of nitrogens with zero attached hydrogens (tertiary/aromatic N) is 2. The lowest BCUT2D eigenvalue weighted by Gasteiger charge is -2.44. The molecule has 0 atom stereocenters. The predicted octanol–water partition coefficient (Wildman–Crippen LogP) is 6.05. The summed E-state index contributed by atoms with van der Waals surface area (Å²) in [5.41, 5.74) is 1.80. The van der Waals surface area contributed by atoms with Crippen molar-refractivity contribution in [3.8, 4) is 0 Å². The Labute approximate surface area is 172 Å². The summed E-state index contributed by atoms with van der Waals surface area (Å²) in [4.78, 5) is 19.5. The van der Waals surface area contributed by atoms with Crippen LogP contribution in [-0.4, -0.2) is 17.2 Å². The van der Waals surface area contributed by atoms with Crippen molar-refractivity contribution in [1.29, 1.82) is 0 Å². The van der Waals surface area contributed by atoms with Gasteiger partial charge >= 0.3 is 0 Å². The van der Waals surface area contributed by atoms with Crippen LogP contribution >= 0.6 is 0 Å². The maximum atomic E-state index is 14.1. The van der Waals surface area contributed by atoms with Gasteiger partial charge in [-0.1, -0.05) is 0 Å². The van der Waals surface area contributed by atoms with Crippen molar-refractivity contribution in [1.82, 2.24) is 0 Å². The standard InChI is InChI=1S/C24H19F3N2O/c1-24(2)14-21(28-19-10-7-17(26)8-11-19)20-13-18(27)9-12-22(20)29(24)23(30)15-3-5-16(25)6-4-15/h3-13H,14H2,1-2H3. The van der Waals surface area contributed by atoms with Gasteiger partial charge in [-0.05, 0) is 80.6 Å². The van der Waals surface area contributed by atoms with Crippen molar-refractivity contribution in [2.75, 3.05) is 4.90 Å². The number of benzene rings is 3. The summed E-state index contributed by atoms with van der Waals surface area (Å²) in [6.45, 7) is 3.78. The van der Waals surface area contributed by atoms with Crippen LogP contribution in [0.4, 0.5) is 24.5 Å². The molecule has 152 valence electrons. The van der Waals surface area contributed by atoms with Crippen LogP contribution < -0.4 is 4.90 Å². The molecule has 1 aliphatic rings. The van der Waals surface area contributed by atoms with Gasteiger partial charge in [-0.15, -0.1) is 0 Å². The average molecular weight is 408 g/mol. The van der Waals surface area contributed by atoms with E-state index in [4.69, 9.17) is 0 Å². The number of halogens is 3. The summed E-state index contributed by atoms with van der Waals surface area (Å²) < 4.78 is 40.6. The molecule has 0 saturated heterocycles. The van der Waals surface area contributed by atoms with Crippen molar-refractivity contribution in [2.24, 2.45) is 4.99 Å². The highest BCUT2D eigenvalue weighted by atomic mass is 19.1. The fraction of sp³-hybridized carbons (Fsp3) is 0.167. The second-order valence-electron chi connectivity index (χ2n) is 7.83.